The standard InChI is InChI=1S/C29H50O3/c1-6-29(32,7-2)15-8-9-19(3)23-12-13-24-22-11-10-20-17-21(30)18-26(31)28(20,5)25(22)14-16-27(23,24)4/h10,19,21-26,30-32H,6-9,11-18H2,1-5H3/t19-,21-,22+,23-,24+,25+,26+,27-,28+/m1/s1. The molecular weight excluding hydrogens is 396 g/mol. The minimum absolute atomic E-state index is 0.127. The fourth-order valence-corrected chi connectivity index (χ4v) is 9.23. The molecule has 0 radical (unpaired) electrons. The van der Waals surface area contributed by atoms with Gasteiger partial charge in [0.15, 0.2) is 0 Å². The maximum Gasteiger partial charge on any atom is 0.0658 e. The number of hydrogen-bond acceptors (Lipinski definition) is 3. The first kappa shape index (κ1) is 24.7. The van der Waals surface area contributed by atoms with Crippen LogP contribution in [0.5, 0.6) is 0 Å². The van der Waals surface area contributed by atoms with Crippen molar-refractivity contribution in [1.82, 2.24) is 0 Å². The molecule has 0 spiro atoms. The third kappa shape index (κ3) is 3.93. The predicted molar refractivity (Wildman–Crippen MR) is 131 cm³/mol. The summed E-state index contributed by atoms with van der Waals surface area (Å²) >= 11 is 0. The highest BCUT2D eigenvalue weighted by molar-refractivity contribution is 5.27. The van der Waals surface area contributed by atoms with Gasteiger partial charge in [0.25, 0.3) is 0 Å². The fourth-order valence-electron chi connectivity index (χ4n) is 9.23. The maximum absolute atomic E-state index is 11.1. The molecule has 4 aliphatic carbocycles. The lowest BCUT2D eigenvalue weighted by Crippen LogP contribution is -2.55. The molecular formula is C29H50O3. The van der Waals surface area contributed by atoms with E-state index in [9.17, 15) is 15.3 Å². The summed E-state index contributed by atoms with van der Waals surface area (Å²) in [6.07, 6.45) is 14.4. The van der Waals surface area contributed by atoms with Gasteiger partial charge in [-0.15, -0.1) is 0 Å². The normalized spacial score (nSPS) is 44.9. The lowest BCUT2D eigenvalue weighted by Gasteiger charge is -2.59. The fraction of sp³-hybridized carbons (Fsp3) is 0.931. The van der Waals surface area contributed by atoms with Crippen LogP contribution in [-0.2, 0) is 0 Å². The third-order valence-electron chi connectivity index (χ3n) is 11.6. The van der Waals surface area contributed by atoms with E-state index in [4.69, 9.17) is 0 Å². The van der Waals surface area contributed by atoms with Crippen LogP contribution in [0.3, 0.4) is 0 Å². The molecule has 3 fully saturated rings. The van der Waals surface area contributed by atoms with E-state index in [0.29, 0.717) is 23.7 Å². The molecule has 3 N–H and O–H groups in total. The Morgan fingerprint density at radius 2 is 1.81 bits per heavy atom. The van der Waals surface area contributed by atoms with Gasteiger partial charge in [-0.2, -0.15) is 0 Å². The summed E-state index contributed by atoms with van der Waals surface area (Å²) in [5, 5.41) is 32.0. The van der Waals surface area contributed by atoms with Crippen LogP contribution in [0, 0.1) is 40.4 Å². The quantitative estimate of drug-likeness (QED) is 0.405. The van der Waals surface area contributed by atoms with Gasteiger partial charge in [0.2, 0.25) is 0 Å². The van der Waals surface area contributed by atoms with Crippen molar-refractivity contribution in [1.29, 1.82) is 0 Å². The van der Waals surface area contributed by atoms with Crippen molar-refractivity contribution < 1.29 is 15.3 Å². The topological polar surface area (TPSA) is 60.7 Å². The molecule has 0 bridgehead atoms. The van der Waals surface area contributed by atoms with E-state index in [1.54, 1.807) is 0 Å². The number of allylic oxidation sites excluding steroid dienone is 1. The number of hydrogen-bond donors (Lipinski definition) is 3. The van der Waals surface area contributed by atoms with E-state index in [2.05, 4.69) is 40.7 Å². The van der Waals surface area contributed by atoms with Gasteiger partial charge in [-0.25, -0.2) is 0 Å². The van der Waals surface area contributed by atoms with Gasteiger partial charge in [-0.05, 0) is 92.8 Å². The van der Waals surface area contributed by atoms with Gasteiger partial charge in [0, 0.05) is 11.8 Å². The number of aliphatic hydroxyl groups is 3. The Bertz CT molecular complexity index is 697. The zero-order chi connectivity index (χ0) is 23.3. The molecule has 3 nitrogen and oxygen atoms in total. The summed E-state index contributed by atoms with van der Waals surface area (Å²) in [6.45, 7) is 11.6. The average Bonchev–Trinajstić information content (AvgIpc) is 3.12. The Kier molecular flexibility index (Phi) is 6.96. The van der Waals surface area contributed by atoms with Gasteiger partial charge in [-0.1, -0.05) is 59.1 Å². The molecule has 3 saturated carbocycles. The van der Waals surface area contributed by atoms with E-state index in [0.717, 1.165) is 56.3 Å². The summed E-state index contributed by atoms with van der Waals surface area (Å²) in [5.41, 5.74) is 1.18. The number of aliphatic hydroxyl groups excluding tert-OH is 2. The highest BCUT2D eigenvalue weighted by Gasteiger charge is 2.60. The van der Waals surface area contributed by atoms with Crippen molar-refractivity contribution in [2.75, 3.05) is 0 Å². The molecule has 4 aliphatic rings. The second-order valence-electron chi connectivity index (χ2n) is 12.8. The van der Waals surface area contributed by atoms with Crippen LogP contribution in [0.25, 0.3) is 0 Å². The lowest BCUT2D eigenvalue weighted by atomic mass is 9.46. The van der Waals surface area contributed by atoms with E-state index in [1.807, 2.05) is 0 Å². The molecule has 0 saturated heterocycles. The molecule has 9 atom stereocenters. The molecule has 184 valence electrons. The Hall–Kier alpha value is -0.380. The maximum atomic E-state index is 11.1. The van der Waals surface area contributed by atoms with Gasteiger partial charge in [-0.3, -0.25) is 0 Å². The summed E-state index contributed by atoms with van der Waals surface area (Å²) in [6, 6.07) is 0. The molecule has 0 aromatic carbocycles. The van der Waals surface area contributed by atoms with Gasteiger partial charge in [0.05, 0.1) is 17.8 Å². The molecule has 0 aliphatic heterocycles. The largest absolute Gasteiger partial charge is 0.393 e. The Balaban J connectivity index is 1.46. The van der Waals surface area contributed by atoms with Crippen LogP contribution in [0.2, 0.25) is 0 Å². The second kappa shape index (κ2) is 9.00. The summed E-state index contributed by atoms with van der Waals surface area (Å²) < 4.78 is 0. The molecule has 0 aromatic heterocycles. The zero-order valence-corrected chi connectivity index (χ0v) is 21.4. The molecule has 0 heterocycles. The van der Waals surface area contributed by atoms with Gasteiger partial charge in [0.1, 0.15) is 0 Å². The van der Waals surface area contributed by atoms with E-state index in [-0.39, 0.29) is 11.5 Å². The second-order valence-corrected chi connectivity index (χ2v) is 12.8. The number of fused-ring (bicyclic) bond motifs is 5. The van der Waals surface area contributed by atoms with E-state index < -0.39 is 11.7 Å². The molecule has 0 amide bonds. The third-order valence-corrected chi connectivity index (χ3v) is 11.6. The Morgan fingerprint density at radius 1 is 1.09 bits per heavy atom. The highest BCUT2D eigenvalue weighted by atomic mass is 16.3. The van der Waals surface area contributed by atoms with Crippen molar-refractivity contribution in [2.24, 2.45) is 40.4 Å². The molecule has 32 heavy (non-hydrogen) atoms. The molecule has 0 unspecified atom stereocenters. The SMILES string of the molecule is CCC(O)(CC)CCC[C@@H](C)[C@H]1CC[C@H]2[C@@H]3CC=C4C[C@@H](O)C[C@H](O)[C@]4(C)[C@H]3CC[C@]12C. The minimum Gasteiger partial charge on any atom is -0.393 e. The van der Waals surface area contributed by atoms with E-state index in [1.165, 1.54) is 37.7 Å². The van der Waals surface area contributed by atoms with Crippen LogP contribution in [0.4, 0.5) is 0 Å². The minimum atomic E-state index is -0.462. The Labute approximate surface area is 197 Å². The van der Waals surface area contributed by atoms with Crippen LogP contribution in [-0.4, -0.2) is 33.1 Å². The molecule has 4 rings (SSSR count). The van der Waals surface area contributed by atoms with Crippen molar-refractivity contribution in [3.8, 4) is 0 Å². The molecule has 0 aromatic rings. The van der Waals surface area contributed by atoms with Gasteiger partial charge < -0.3 is 15.3 Å². The van der Waals surface area contributed by atoms with Crippen molar-refractivity contribution in [3.63, 3.8) is 0 Å². The van der Waals surface area contributed by atoms with Crippen molar-refractivity contribution in [2.45, 2.75) is 129 Å². The summed E-state index contributed by atoms with van der Waals surface area (Å²) in [5.74, 6) is 3.54. The van der Waals surface area contributed by atoms with Crippen LogP contribution in [0.15, 0.2) is 11.6 Å². The Morgan fingerprint density at radius 3 is 2.50 bits per heavy atom. The highest BCUT2D eigenvalue weighted by Crippen LogP contribution is 2.67. The smallest absolute Gasteiger partial charge is 0.0658 e. The molecule has 3 heteroatoms. The summed E-state index contributed by atoms with van der Waals surface area (Å²) in [7, 11) is 0. The summed E-state index contributed by atoms with van der Waals surface area (Å²) in [4.78, 5) is 0. The van der Waals surface area contributed by atoms with Gasteiger partial charge >= 0.3 is 0 Å². The number of rotatable bonds is 7. The first-order chi connectivity index (χ1) is 15.1. The van der Waals surface area contributed by atoms with Crippen LogP contribution in [0.1, 0.15) is 112 Å². The predicted octanol–water partition coefficient (Wildman–Crippen LogP) is 6.25. The van der Waals surface area contributed by atoms with Crippen molar-refractivity contribution >= 4 is 0 Å². The monoisotopic (exact) mass is 446 g/mol. The lowest BCUT2D eigenvalue weighted by molar-refractivity contribution is -0.108. The zero-order valence-electron chi connectivity index (χ0n) is 21.4. The van der Waals surface area contributed by atoms with Crippen LogP contribution >= 0.6 is 0 Å². The average molecular weight is 447 g/mol. The first-order valence-corrected chi connectivity index (χ1v) is 13.9. The van der Waals surface area contributed by atoms with Crippen molar-refractivity contribution in [3.05, 3.63) is 11.6 Å². The van der Waals surface area contributed by atoms with Crippen LogP contribution < -0.4 is 0 Å². The van der Waals surface area contributed by atoms with E-state index >= 15 is 0 Å². The first-order valence-electron chi connectivity index (χ1n) is 13.9.